The van der Waals surface area contributed by atoms with Crippen LogP contribution < -0.4 is 14.8 Å². The van der Waals surface area contributed by atoms with E-state index in [1.165, 1.54) is 11.8 Å². The molecule has 0 aliphatic carbocycles. The van der Waals surface area contributed by atoms with Crippen molar-refractivity contribution in [3.63, 3.8) is 0 Å². The molecule has 7 nitrogen and oxygen atoms in total. The Hall–Kier alpha value is -2.71. The first-order valence-electron chi connectivity index (χ1n) is 9.34. The number of nitrogens with one attached hydrogen (secondary N) is 1. The van der Waals surface area contributed by atoms with Gasteiger partial charge < -0.3 is 19.4 Å². The molecule has 0 saturated heterocycles. The summed E-state index contributed by atoms with van der Waals surface area (Å²) >= 11 is 7.33. The van der Waals surface area contributed by atoms with Crippen molar-refractivity contribution in [2.75, 3.05) is 19.5 Å². The summed E-state index contributed by atoms with van der Waals surface area (Å²) in [5, 5.41) is 12.5. The van der Waals surface area contributed by atoms with E-state index >= 15 is 0 Å². The third kappa shape index (κ3) is 5.06. The maximum Gasteiger partial charge on any atom is 0.237 e. The lowest BCUT2D eigenvalue weighted by molar-refractivity contribution is -0.115. The van der Waals surface area contributed by atoms with Crippen LogP contribution in [0.5, 0.6) is 11.5 Å². The van der Waals surface area contributed by atoms with E-state index in [2.05, 4.69) is 15.5 Å². The molecule has 0 aliphatic rings. The van der Waals surface area contributed by atoms with Crippen molar-refractivity contribution in [1.82, 2.24) is 14.8 Å². The van der Waals surface area contributed by atoms with E-state index < -0.39 is 5.25 Å². The van der Waals surface area contributed by atoms with Gasteiger partial charge in [0.05, 0.1) is 19.5 Å². The Morgan fingerprint density at radius 3 is 2.33 bits per heavy atom. The largest absolute Gasteiger partial charge is 0.497 e. The lowest BCUT2D eigenvalue weighted by Gasteiger charge is -2.14. The highest BCUT2D eigenvalue weighted by atomic mass is 35.5. The van der Waals surface area contributed by atoms with E-state index in [-0.39, 0.29) is 5.91 Å². The fraction of sp³-hybridized carbons (Fsp3) is 0.286. The molecule has 9 heteroatoms. The number of carbonyl (C=O) groups excluding carboxylic acids is 1. The lowest BCUT2D eigenvalue weighted by atomic mass is 10.2. The zero-order chi connectivity index (χ0) is 21.7. The molecule has 1 heterocycles. The van der Waals surface area contributed by atoms with Crippen molar-refractivity contribution < 1.29 is 14.3 Å². The highest BCUT2D eigenvalue weighted by molar-refractivity contribution is 8.00. The van der Waals surface area contributed by atoms with Crippen LogP contribution in [-0.4, -0.2) is 40.1 Å². The summed E-state index contributed by atoms with van der Waals surface area (Å²) in [6, 6.07) is 12.7. The molecule has 1 N–H and O–H groups in total. The number of hydrogen-bond acceptors (Lipinski definition) is 6. The van der Waals surface area contributed by atoms with Gasteiger partial charge in [-0.25, -0.2) is 0 Å². The van der Waals surface area contributed by atoms with E-state index in [1.807, 2.05) is 42.7 Å². The Morgan fingerprint density at radius 1 is 1.13 bits per heavy atom. The second-order valence-electron chi connectivity index (χ2n) is 6.41. The van der Waals surface area contributed by atoms with Crippen LogP contribution in [0.1, 0.15) is 13.8 Å². The van der Waals surface area contributed by atoms with Crippen LogP contribution in [0.2, 0.25) is 5.02 Å². The van der Waals surface area contributed by atoms with Gasteiger partial charge in [0.2, 0.25) is 5.91 Å². The summed E-state index contributed by atoms with van der Waals surface area (Å²) in [6.45, 7) is 4.52. The van der Waals surface area contributed by atoms with Crippen LogP contribution in [0.4, 0.5) is 5.69 Å². The van der Waals surface area contributed by atoms with Gasteiger partial charge in [0.25, 0.3) is 0 Å². The molecule has 0 radical (unpaired) electrons. The van der Waals surface area contributed by atoms with Gasteiger partial charge in [-0.2, -0.15) is 0 Å². The topological polar surface area (TPSA) is 78.3 Å². The van der Waals surface area contributed by atoms with E-state index in [4.69, 9.17) is 21.1 Å². The molecule has 1 aromatic heterocycles. The predicted molar refractivity (Wildman–Crippen MR) is 120 cm³/mol. The number of thioether (sulfide) groups is 1. The Labute approximate surface area is 184 Å². The minimum Gasteiger partial charge on any atom is -0.497 e. The summed E-state index contributed by atoms with van der Waals surface area (Å²) in [4.78, 5) is 12.7. The minimum absolute atomic E-state index is 0.158. The molecule has 0 aliphatic heterocycles. The molecule has 0 saturated carbocycles. The first-order valence-corrected chi connectivity index (χ1v) is 10.6. The molecule has 0 bridgehead atoms. The van der Waals surface area contributed by atoms with Gasteiger partial charge >= 0.3 is 0 Å². The Bertz CT molecular complexity index is 1000. The summed E-state index contributed by atoms with van der Waals surface area (Å²) in [5.41, 5.74) is 1.52. The van der Waals surface area contributed by atoms with E-state index in [9.17, 15) is 4.79 Å². The molecule has 2 aromatic carbocycles. The highest BCUT2D eigenvalue weighted by Crippen LogP contribution is 2.29. The normalized spacial score (nSPS) is 11.8. The predicted octanol–water partition coefficient (Wildman–Crippen LogP) is 4.75. The first kappa shape index (κ1) is 22.0. The van der Waals surface area contributed by atoms with Gasteiger partial charge in [0.15, 0.2) is 11.0 Å². The monoisotopic (exact) mass is 446 g/mol. The number of rotatable bonds is 8. The summed E-state index contributed by atoms with van der Waals surface area (Å²) < 4.78 is 12.5. The molecule has 1 atom stereocenters. The van der Waals surface area contributed by atoms with E-state index in [1.54, 1.807) is 32.4 Å². The Balaban J connectivity index is 1.75. The van der Waals surface area contributed by atoms with Crippen molar-refractivity contribution in [2.24, 2.45) is 0 Å². The smallest absolute Gasteiger partial charge is 0.237 e. The fourth-order valence-electron chi connectivity index (χ4n) is 2.81. The van der Waals surface area contributed by atoms with Gasteiger partial charge in [0.1, 0.15) is 11.5 Å². The standard InChI is InChI=1S/C21H23ClN4O3S/c1-5-26-19(14-6-8-15(22)9-7-14)24-25-21(26)30-13(2)20(27)23-16-10-17(28-3)12-18(11-16)29-4/h6-13H,5H2,1-4H3,(H,23,27). The summed E-state index contributed by atoms with van der Waals surface area (Å²) in [7, 11) is 3.13. The summed E-state index contributed by atoms with van der Waals surface area (Å²) in [5.74, 6) is 1.78. The quantitative estimate of drug-likeness (QED) is 0.503. The van der Waals surface area contributed by atoms with Crippen molar-refractivity contribution in [3.05, 3.63) is 47.5 Å². The van der Waals surface area contributed by atoms with Crippen molar-refractivity contribution in [2.45, 2.75) is 30.8 Å². The Morgan fingerprint density at radius 2 is 1.77 bits per heavy atom. The van der Waals surface area contributed by atoms with Crippen LogP contribution in [0.25, 0.3) is 11.4 Å². The molecule has 1 amide bonds. The van der Waals surface area contributed by atoms with Crippen molar-refractivity contribution in [3.8, 4) is 22.9 Å². The number of carbonyl (C=O) groups is 1. The molecular formula is C21H23ClN4O3S. The van der Waals surface area contributed by atoms with Crippen molar-refractivity contribution in [1.29, 1.82) is 0 Å². The zero-order valence-corrected chi connectivity index (χ0v) is 18.8. The van der Waals surface area contributed by atoms with Crippen LogP contribution in [0.15, 0.2) is 47.6 Å². The lowest BCUT2D eigenvalue weighted by Crippen LogP contribution is -2.23. The van der Waals surface area contributed by atoms with Gasteiger partial charge in [-0.05, 0) is 38.1 Å². The van der Waals surface area contributed by atoms with Gasteiger partial charge in [-0.15, -0.1) is 10.2 Å². The average molecular weight is 447 g/mol. The Kier molecular flexibility index (Phi) is 7.23. The second kappa shape index (κ2) is 9.86. The number of amides is 1. The number of ether oxygens (including phenoxy) is 2. The SMILES string of the molecule is CCn1c(SC(C)C(=O)Nc2cc(OC)cc(OC)c2)nnc1-c1ccc(Cl)cc1. The number of halogens is 1. The van der Waals surface area contributed by atoms with Gasteiger partial charge in [-0.3, -0.25) is 4.79 Å². The number of anilines is 1. The first-order chi connectivity index (χ1) is 14.4. The molecule has 1 unspecified atom stereocenters. The number of methoxy groups -OCH3 is 2. The second-order valence-corrected chi connectivity index (χ2v) is 8.15. The molecule has 3 rings (SSSR count). The van der Waals surface area contributed by atoms with Crippen LogP contribution in [0, 0.1) is 0 Å². The third-order valence-electron chi connectivity index (χ3n) is 4.41. The van der Waals surface area contributed by atoms with E-state index in [0.717, 1.165) is 11.4 Å². The molecule has 3 aromatic rings. The molecule has 0 fully saturated rings. The van der Waals surface area contributed by atoms with E-state index in [0.29, 0.717) is 33.9 Å². The van der Waals surface area contributed by atoms with Gasteiger partial charge in [0, 0.05) is 41.0 Å². The number of aromatic nitrogens is 3. The third-order valence-corrected chi connectivity index (χ3v) is 5.74. The maximum absolute atomic E-state index is 12.7. The molecule has 0 spiro atoms. The van der Waals surface area contributed by atoms with Crippen LogP contribution >= 0.6 is 23.4 Å². The zero-order valence-electron chi connectivity index (χ0n) is 17.2. The highest BCUT2D eigenvalue weighted by Gasteiger charge is 2.21. The minimum atomic E-state index is -0.394. The molecule has 158 valence electrons. The number of hydrogen-bond donors (Lipinski definition) is 1. The molecule has 30 heavy (non-hydrogen) atoms. The van der Waals surface area contributed by atoms with Crippen LogP contribution in [0.3, 0.4) is 0 Å². The van der Waals surface area contributed by atoms with Gasteiger partial charge in [-0.1, -0.05) is 23.4 Å². The number of nitrogens with zero attached hydrogens (tertiary/aromatic N) is 3. The fourth-order valence-corrected chi connectivity index (χ4v) is 3.85. The average Bonchev–Trinajstić information content (AvgIpc) is 3.16. The van der Waals surface area contributed by atoms with Crippen molar-refractivity contribution >= 4 is 35.0 Å². The molecular weight excluding hydrogens is 424 g/mol. The maximum atomic E-state index is 12.7. The number of benzene rings is 2. The summed E-state index contributed by atoms with van der Waals surface area (Å²) in [6.07, 6.45) is 0. The van der Waals surface area contributed by atoms with Crippen LogP contribution in [-0.2, 0) is 11.3 Å².